The first-order valence-corrected chi connectivity index (χ1v) is 8.40. The van der Waals surface area contributed by atoms with E-state index in [0.717, 1.165) is 25.7 Å². The van der Waals surface area contributed by atoms with Crippen LogP contribution in [0.5, 0.6) is 0 Å². The molecule has 0 aromatic heterocycles. The lowest BCUT2D eigenvalue weighted by atomic mass is 9.92. The predicted octanol–water partition coefficient (Wildman–Crippen LogP) is 1.25. The van der Waals surface area contributed by atoms with Gasteiger partial charge in [0.15, 0.2) is 0 Å². The van der Waals surface area contributed by atoms with Gasteiger partial charge in [-0.1, -0.05) is 31.0 Å². The van der Waals surface area contributed by atoms with E-state index in [9.17, 15) is 8.42 Å². The number of sulfonamides is 1. The first-order valence-electron chi connectivity index (χ1n) is 6.75. The second-order valence-electron chi connectivity index (χ2n) is 5.20. The van der Waals surface area contributed by atoms with Crippen molar-refractivity contribution in [3.8, 4) is 6.07 Å². The number of nitrogens with one attached hydrogen (secondary N) is 1. The molecular formula is C14H19N3O2S. The van der Waals surface area contributed by atoms with Gasteiger partial charge in [-0.3, -0.25) is 0 Å². The van der Waals surface area contributed by atoms with E-state index in [4.69, 9.17) is 11.0 Å². The van der Waals surface area contributed by atoms with Gasteiger partial charge in [-0.25, -0.2) is 13.1 Å². The third kappa shape index (κ3) is 3.79. The Kier molecular flexibility index (Phi) is 4.76. The van der Waals surface area contributed by atoms with Crippen LogP contribution in [-0.2, 0) is 15.8 Å². The third-order valence-corrected chi connectivity index (χ3v) is 4.99. The standard InChI is InChI=1S/C14H19N3O2S/c15-9-11-5-1-2-6-12(11)10-20(18,19)17-14-8-4-3-7-13(14)16/h1-2,5-6,13-14,17H,3-4,7-8,10,16H2. The molecule has 0 amide bonds. The zero-order chi connectivity index (χ0) is 14.6. The molecule has 6 heteroatoms. The lowest BCUT2D eigenvalue weighted by molar-refractivity contribution is 0.361. The number of benzene rings is 1. The maximum Gasteiger partial charge on any atom is 0.216 e. The highest BCUT2D eigenvalue weighted by Gasteiger charge is 2.26. The fourth-order valence-electron chi connectivity index (χ4n) is 2.54. The van der Waals surface area contributed by atoms with E-state index in [2.05, 4.69) is 4.72 Å². The SMILES string of the molecule is N#Cc1ccccc1CS(=O)(=O)NC1CCCCC1N. The Morgan fingerprint density at radius 3 is 2.70 bits per heavy atom. The first-order chi connectivity index (χ1) is 9.52. The Bertz CT molecular complexity index is 607. The summed E-state index contributed by atoms with van der Waals surface area (Å²) in [5.41, 5.74) is 6.87. The van der Waals surface area contributed by atoms with Gasteiger partial charge in [-0.05, 0) is 24.5 Å². The van der Waals surface area contributed by atoms with Crippen LogP contribution in [0.4, 0.5) is 0 Å². The Labute approximate surface area is 119 Å². The lowest BCUT2D eigenvalue weighted by Gasteiger charge is -2.29. The molecule has 2 rings (SSSR count). The van der Waals surface area contributed by atoms with Crippen molar-refractivity contribution in [2.24, 2.45) is 5.73 Å². The molecule has 0 aliphatic heterocycles. The molecule has 1 saturated carbocycles. The molecule has 108 valence electrons. The highest BCUT2D eigenvalue weighted by molar-refractivity contribution is 7.88. The second kappa shape index (κ2) is 6.35. The van der Waals surface area contributed by atoms with Crippen molar-refractivity contribution < 1.29 is 8.42 Å². The molecule has 0 bridgehead atoms. The van der Waals surface area contributed by atoms with Gasteiger partial charge in [0.25, 0.3) is 0 Å². The Morgan fingerprint density at radius 2 is 2.00 bits per heavy atom. The molecule has 1 aromatic carbocycles. The van der Waals surface area contributed by atoms with Crippen LogP contribution in [0.15, 0.2) is 24.3 Å². The smallest absolute Gasteiger partial charge is 0.216 e. The molecule has 1 aromatic rings. The van der Waals surface area contributed by atoms with Gasteiger partial charge >= 0.3 is 0 Å². The van der Waals surface area contributed by atoms with E-state index in [1.807, 2.05) is 6.07 Å². The zero-order valence-corrected chi connectivity index (χ0v) is 12.1. The summed E-state index contributed by atoms with van der Waals surface area (Å²) in [4.78, 5) is 0. The molecule has 0 saturated heterocycles. The molecule has 2 unspecified atom stereocenters. The van der Waals surface area contributed by atoms with E-state index < -0.39 is 10.0 Å². The fraction of sp³-hybridized carbons (Fsp3) is 0.500. The predicted molar refractivity (Wildman–Crippen MR) is 77.1 cm³/mol. The molecule has 2 atom stereocenters. The third-order valence-electron chi connectivity index (χ3n) is 3.63. The fourth-order valence-corrected chi connectivity index (χ4v) is 4.04. The van der Waals surface area contributed by atoms with E-state index in [0.29, 0.717) is 11.1 Å². The first kappa shape index (κ1) is 15.0. The van der Waals surface area contributed by atoms with Crippen molar-refractivity contribution in [1.29, 1.82) is 5.26 Å². The van der Waals surface area contributed by atoms with Crippen molar-refractivity contribution in [2.75, 3.05) is 0 Å². The maximum atomic E-state index is 12.2. The van der Waals surface area contributed by atoms with Crippen molar-refractivity contribution in [3.05, 3.63) is 35.4 Å². The van der Waals surface area contributed by atoms with Crippen LogP contribution in [-0.4, -0.2) is 20.5 Å². The molecule has 1 aliphatic rings. The van der Waals surface area contributed by atoms with E-state index in [-0.39, 0.29) is 17.8 Å². The Morgan fingerprint density at radius 1 is 1.30 bits per heavy atom. The summed E-state index contributed by atoms with van der Waals surface area (Å²) in [6.07, 6.45) is 3.68. The Balaban J connectivity index is 2.09. The van der Waals surface area contributed by atoms with Gasteiger partial charge in [0.05, 0.1) is 17.4 Å². The maximum absolute atomic E-state index is 12.2. The summed E-state index contributed by atoms with van der Waals surface area (Å²) in [7, 11) is -3.48. The lowest BCUT2D eigenvalue weighted by Crippen LogP contribution is -2.49. The van der Waals surface area contributed by atoms with E-state index >= 15 is 0 Å². The molecule has 20 heavy (non-hydrogen) atoms. The average molecular weight is 293 g/mol. The zero-order valence-electron chi connectivity index (χ0n) is 11.2. The number of nitrogens with zero attached hydrogens (tertiary/aromatic N) is 1. The highest BCUT2D eigenvalue weighted by atomic mass is 32.2. The van der Waals surface area contributed by atoms with Crippen LogP contribution in [0.1, 0.15) is 36.8 Å². The molecular weight excluding hydrogens is 274 g/mol. The Hall–Kier alpha value is -1.42. The van der Waals surface area contributed by atoms with Gasteiger partial charge in [-0.15, -0.1) is 0 Å². The van der Waals surface area contributed by atoms with Crippen LogP contribution in [0, 0.1) is 11.3 Å². The number of rotatable bonds is 4. The molecule has 0 heterocycles. The number of nitriles is 1. The van der Waals surface area contributed by atoms with Crippen molar-refractivity contribution in [3.63, 3.8) is 0 Å². The van der Waals surface area contributed by atoms with Crippen LogP contribution in [0.2, 0.25) is 0 Å². The van der Waals surface area contributed by atoms with Crippen molar-refractivity contribution >= 4 is 10.0 Å². The minimum atomic E-state index is -3.48. The molecule has 0 spiro atoms. The number of hydrogen-bond donors (Lipinski definition) is 2. The molecule has 1 fully saturated rings. The molecule has 0 radical (unpaired) electrons. The monoisotopic (exact) mass is 293 g/mol. The van der Waals surface area contributed by atoms with Crippen LogP contribution < -0.4 is 10.5 Å². The molecule has 5 nitrogen and oxygen atoms in total. The summed E-state index contributed by atoms with van der Waals surface area (Å²) in [5.74, 6) is -0.181. The van der Waals surface area contributed by atoms with Crippen LogP contribution in [0.3, 0.4) is 0 Å². The highest BCUT2D eigenvalue weighted by Crippen LogP contribution is 2.19. The van der Waals surface area contributed by atoms with Crippen molar-refractivity contribution in [2.45, 2.75) is 43.5 Å². The normalized spacial score (nSPS) is 23.2. The van der Waals surface area contributed by atoms with E-state index in [1.54, 1.807) is 24.3 Å². The summed E-state index contributed by atoms with van der Waals surface area (Å²) in [6.45, 7) is 0. The minimum Gasteiger partial charge on any atom is -0.326 e. The number of nitrogens with two attached hydrogens (primary N) is 1. The summed E-state index contributed by atoms with van der Waals surface area (Å²) < 4.78 is 27.1. The van der Waals surface area contributed by atoms with E-state index in [1.165, 1.54) is 0 Å². The summed E-state index contributed by atoms with van der Waals surface area (Å²) in [6, 6.07) is 8.44. The molecule has 3 N–H and O–H groups in total. The van der Waals surface area contributed by atoms with Gasteiger partial charge in [0.2, 0.25) is 10.0 Å². The summed E-state index contributed by atoms with van der Waals surface area (Å²) >= 11 is 0. The van der Waals surface area contributed by atoms with Crippen molar-refractivity contribution in [1.82, 2.24) is 4.72 Å². The topological polar surface area (TPSA) is 96.0 Å². The molecule has 1 aliphatic carbocycles. The van der Waals surface area contributed by atoms with Gasteiger partial charge in [-0.2, -0.15) is 5.26 Å². The largest absolute Gasteiger partial charge is 0.326 e. The quantitative estimate of drug-likeness (QED) is 0.873. The number of hydrogen-bond acceptors (Lipinski definition) is 4. The van der Waals surface area contributed by atoms with Gasteiger partial charge in [0.1, 0.15) is 0 Å². The summed E-state index contributed by atoms with van der Waals surface area (Å²) in [5, 5.41) is 8.99. The van der Waals surface area contributed by atoms with Crippen LogP contribution >= 0.6 is 0 Å². The minimum absolute atomic E-state index is 0.121. The average Bonchev–Trinajstić information content (AvgIpc) is 2.41. The van der Waals surface area contributed by atoms with Gasteiger partial charge in [0, 0.05) is 12.1 Å². The second-order valence-corrected chi connectivity index (χ2v) is 6.95. The van der Waals surface area contributed by atoms with Gasteiger partial charge < -0.3 is 5.73 Å². The van der Waals surface area contributed by atoms with Crippen LogP contribution in [0.25, 0.3) is 0 Å².